The molecular weight excluding hydrogens is 238 g/mol. The van der Waals surface area contributed by atoms with Gasteiger partial charge >= 0.3 is 0 Å². The third-order valence-corrected chi connectivity index (χ3v) is 3.00. The first-order chi connectivity index (χ1) is 9.16. The van der Waals surface area contributed by atoms with Crippen molar-refractivity contribution in [3.8, 4) is 5.75 Å². The highest BCUT2D eigenvalue weighted by Crippen LogP contribution is 2.16. The number of hydrogen-bond donors (Lipinski definition) is 2. The summed E-state index contributed by atoms with van der Waals surface area (Å²) in [5.74, 6) is 0.0971. The Balaban J connectivity index is 1.89. The van der Waals surface area contributed by atoms with Gasteiger partial charge in [0.1, 0.15) is 5.75 Å². The molecule has 0 unspecified atom stereocenters. The van der Waals surface area contributed by atoms with E-state index in [0.29, 0.717) is 17.7 Å². The number of rotatable bonds is 4. The Labute approximate surface area is 112 Å². The summed E-state index contributed by atoms with van der Waals surface area (Å²) in [5.41, 5.74) is 2.48. The van der Waals surface area contributed by atoms with Crippen LogP contribution in [0.3, 0.4) is 0 Å². The Hall–Kier alpha value is -2.29. The van der Waals surface area contributed by atoms with Crippen molar-refractivity contribution < 1.29 is 9.90 Å². The van der Waals surface area contributed by atoms with E-state index < -0.39 is 0 Å². The normalized spacial score (nSPS) is 10.2. The van der Waals surface area contributed by atoms with Gasteiger partial charge in [-0.2, -0.15) is 0 Å². The minimum absolute atomic E-state index is 0.112. The fraction of sp³-hybridized carbons (Fsp3) is 0.188. The highest BCUT2D eigenvalue weighted by atomic mass is 16.3. The Kier molecular flexibility index (Phi) is 4.18. The summed E-state index contributed by atoms with van der Waals surface area (Å²) in [6, 6.07) is 14.9. The summed E-state index contributed by atoms with van der Waals surface area (Å²) in [6.45, 7) is 2.37. The third kappa shape index (κ3) is 3.58. The van der Waals surface area contributed by atoms with Crippen LogP contribution in [0.25, 0.3) is 0 Å². The van der Waals surface area contributed by atoms with Gasteiger partial charge in [0.25, 0.3) is 5.91 Å². The van der Waals surface area contributed by atoms with E-state index in [1.807, 2.05) is 30.3 Å². The summed E-state index contributed by atoms with van der Waals surface area (Å²) >= 11 is 0. The minimum atomic E-state index is -0.112. The van der Waals surface area contributed by atoms with Gasteiger partial charge in [-0.25, -0.2) is 0 Å². The van der Waals surface area contributed by atoms with E-state index in [0.717, 1.165) is 6.42 Å². The second-order valence-electron chi connectivity index (χ2n) is 4.49. The summed E-state index contributed by atoms with van der Waals surface area (Å²) in [4.78, 5) is 11.9. The van der Waals surface area contributed by atoms with E-state index in [-0.39, 0.29) is 11.7 Å². The van der Waals surface area contributed by atoms with Gasteiger partial charge in [-0.1, -0.05) is 30.3 Å². The van der Waals surface area contributed by atoms with Crippen LogP contribution >= 0.6 is 0 Å². The number of nitrogens with one attached hydrogen (secondary N) is 1. The summed E-state index contributed by atoms with van der Waals surface area (Å²) < 4.78 is 0. The first kappa shape index (κ1) is 13.1. The van der Waals surface area contributed by atoms with Crippen LogP contribution in [0.2, 0.25) is 0 Å². The Bertz CT molecular complexity index is 564. The molecule has 0 radical (unpaired) electrons. The van der Waals surface area contributed by atoms with E-state index in [4.69, 9.17) is 0 Å². The van der Waals surface area contributed by atoms with Crippen molar-refractivity contribution in [1.29, 1.82) is 0 Å². The van der Waals surface area contributed by atoms with Crippen LogP contribution in [-0.2, 0) is 6.42 Å². The lowest BCUT2D eigenvalue weighted by molar-refractivity contribution is 0.0954. The highest BCUT2D eigenvalue weighted by Gasteiger charge is 2.06. The van der Waals surface area contributed by atoms with E-state index in [1.165, 1.54) is 5.56 Å². The Morgan fingerprint density at radius 1 is 1.16 bits per heavy atom. The van der Waals surface area contributed by atoms with Crippen LogP contribution in [-0.4, -0.2) is 17.6 Å². The summed E-state index contributed by atoms with van der Waals surface area (Å²) in [5, 5.41) is 12.3. The number of benzene rings is 2. The smallest absolute Gasteiger partial charge is 0.251 e. The maximum atomic E-state index is 11.9. The third-order valence-electron chi connectivity index (χ3n) is 3.00. The molecule has 0 heterocycles. The van der Waals surface area contributed by atoms with Gasteiger partial charge in [-0.15, -0.1) is 0 Å². The van der Waals surface area contributed by atoms with Gasteiger partial charge in [-0.05, 0) is 42.7 Å². The molecule has 2 rings (SSSR count). The average Bonchev–Trinajstić information content (AvgIpc) is 2.43. The van der Waals surface area contributed by atoms with Gasteiger partial charge in [0.2, 0.25) is 0 Å². The van der Waals surface area contributed by atoms with Crippen LogP contribution in [0.1, 0.15) is 21.5 Å². The van der Waals surface area contributed by atoms with Gasteiger partial charge in [-0.3, -0.25) is 4.79 Å². The number of aryl methyl sites for hydroxylation is 1. The molecule has 0 saturated heterocycles. The van der Waals surface area contributed by atoms with Crippen molar-refractivity contribution in [2.75, 3.05) is 6.54 Å². The van der Waals surface area contributed by atoms with E-state index >= 15 is 0 Å². The topological polar surface area (TPSA) is 49.3 Å². The van der Waals surface area contributed by atoms with Crippen molar-refractivity contribution in [3.05, 3.63) is 65.2 Å². The molecule has 0 aliphatic heterocycles. The monoisotopic (exact) mass is 255 g/mol. The fourth-order valence-electron chi connectivity index (χ4n) is 1.86. The molecule has 0 aromatic heterocycles. The standard InChI is InChI=1S/C16H17NO2/c1-12-11-14(7-8-15(12)18)16(19)17-10-9-13-5-3-2-4-6-13/h2-8,11,18H,9-10H2,1H3,(H,17,19). The Morgan fingerprint density at radius 2 is 1.89 bits per heavy atom. The quantitative estimate of drug-likeness (QED) is 0.882. The van der Waals surface area contributed by atoms with E-state index in [1.54, 1.807) is 25.1 Å². The predicted octanol–water partition coefficient (Wildman–Crippen LogP) is 2.67. The number of phenolic OH excluding ortho intramolecular Hbond substituents is 1. The maximum Gasteiger partial charge on any atom is 0.251 e. The van der Waals surface area contributed by atoms with Gasteiger partial charge in [0, 0.05) is 12.1 Å². The number of phenols is 1. The van der Waals surface area contributed by atoms with E-state index in [9.17, 15) is 9.90 Å². The Morgan fingerprint density at radius 3 is 2.58 bits per heavy atom. The zero-order chi connectivity index (χ0) is 13.7. The lowest BCUT2D eigenvalue weighted by atomic mass is 10.1. The van der Waals surface area contributed by atoms with Crippen molar-refractivity contribution in [1.82, 2.24) is 5.32 Å². The van der Waals surface area contributed by atoms with Crippen LogP contribution in [0.15, 0.2) is 48.5 Å². The van der Waals surface area contributed by atoms with Crippen molar-refractivity contribution in [2.45, 2.75) is 13.3 Å². The lowest BCUT2D eigenvalue weighted by Crippen LogP contribution is -2.25. The molecular formula is C16H17NO2. The number of hydrogen-bond acceptors (Lipinski definition) is 2. The molecule has 0 atom stereocenters. The molecule has 3 heteroatoms. The molecule has 2 aromatic rings. The summed E-state index contributed by atoms with van der Waals surface area (Å²) in [6.07, 6.45) is 0.809. The highest BCUT2D eigenvalue weighted by molar-refractivity contribution is 5.94. The summed E-state index contributed by atoms with van der Waals surface area (Å²) in [7, 11) is 0. The van der Waals surface area contributed by atoms with Crippen LogP contribution in [0.5, 0.6) is 5.75 Å². The molecule has 0 fully saturated rings. The molecule has 3 nitrogen and oxygen atoms in total. The maximum absolute atomic E-state index is 11.9. The second kappa shape index (κ2) is 6.05. The average molecular weight is 255 g/mol. The fourth-order valence-corrected chi connectivity index (χ4v) is 1.86. The number of amides is 1. The molecule has 0 spiro atoms. The van der Waals surface area contributed by atoms with Crippen LogP contribution in [0, 0.1) is 6.92 Å². The zero-order valence-corrected chi connectivity index (χ0v) is 10.9. The molecule has 1 amide bonds. The molecule has 98 valence electrons. The zero-order valence-electron chi connectivity index (χ0n) is 10.9. The molecule has 0 aliphatic rings. The second-order valence-corrected chi connectivity index (χ2v) is 4.49. The van der Waals surface area contributed by atoms with Crippen LogP contribution in [0.4, 0.5) is 0 Å². The van der Waals surface area contributed by atoms with E-state index in [2.05, 4.69) is 5.32 Å². The molecule has 0 bridgehead atoms. The molecule has 2 aromatic carbocycles. The first-order valence-electron chi connectivity index (χ1n) is 6.28. The molecule has 0 aliphatic carbocycles. The number of carbonyl (C=O) groups excluding carboxylic acids is 1. The minimum Gasteiger partial charge on any atom is -0.508 e. The van der Waals surface area contributed by atoms with Crippen molar-refractivity contribution in [3.63, 3.8) is 0 Å². The predicted molar refractivity (Wildman–Crippen MR) is 75.3 cm³/mol. The van der Waals surface area contributed by atoms with Gasteiger partial charge < -0.3 is 10.4 Å². The van der Waals surface area contributed by atoms with Gasteiger partial charge in [0.15, 0.2) is 0 Å². The van der Waals surface area contributed by atoms with Crippen LogP contribution < -0.4 is 5.32 Å². The van der Waals surface area contributed by atoms with Gasteiger partial charge in [0.05, 0.1) is 0 Å². The number of carbonyl (C=O) groups is 1. The van der Waals surface area contributed by atoms with Crippen molar-refractivity contribution >= 4 is 5.91 Å². The largest absolute Gasteiger partial charge is 0.508 e. The first-order valence-corrected chi connectivity index (χ1v) is 6.28. The number of aromatic hydroxyl groups is 1. The van der Waals surface area contributed by atoms with Crippen molar-refractivity contribution in [2.24, 2.45) is 0 Å². The lowest BCUT2D eigenvalue weighted by Gasteiger charge is -2.07. The SMILES string of the molecule is Cc1cc(C(=O)NCCc2ccccc2)ccc1O. The molecule has 0 saturated carbocycles. The molecule has 19 heavy (non-hydrogen) atoms. The molecule has 2 N–H and O–H groups in total.